The van der Waals surface area contributed by atoms with Crippen LogP contribution in [0.25, 0.3) is 0 Å². The number of anilines is 1. The van der Waals surface area contributed by atoms with Crippen molar-refractivity contribution >= 4 is 11.6 Å². The number of rotatable bonds is 3. The van der Waals surface area contributed by atoms with Gasteiger partial charge in [-0.05, 0) is 42.5 Å². The maximum absolute atomic E-state index is 12.7. The molecule has 1 aliphatic heterocycles. The Morgan fingerprint density at radius 1 is 1.21 bits per heavy atom. The fourth-order valence-electron chi connectivity index (χ4n) is 3.71. The van der Waals surface area contributed by atoms with E-state index < -0.39 is 0 Å². The van der Waals surface area contributed by atoms with Gasteiger partial charge < -0.3 is 9.80 Å². The largest absolute Gasteiger partial charge is 0.368 e. The fraction of sp³-hybridized carbons (Fsp3) is 0.474. The van der Waals surface area contributed by atoms with Gasteiger partial charge in [-0.25, -0.2) is 0 Å². The maximum Gasteiger partial charge on any atom is 0.226 e. The minimum Gasteiger partial charge on any atom is -0.368 e. The molecule has 2 atom stereocenters. The Bertz CT molecular complexity index is 745. The highest BCUT2D eigenvalue weighted by Gasteiger charge is 2.46. The number of hydrogen-bond acceptors (Lipinski definition) is 3. The molecule has 0 spiro atoms. The third-order valence-electron chi connectivity index (χ3n) is 5.22. The highest BCUT2D eigenvalue weighted by Crippen LogP contribution is 2.48. The highest BCUT2D eigenvalue weighted by molar-refractivity contribution is 5.83. The summed E-state index contributed by atoms with van der Waals surface area (Å²) in [5, 5.41) is 4.22. The van der Waals surface area contributed by atoms with Gasteiger partial charge in [0.05, 0.1) is 6.20 Å². The van der Waals surface area contributed by atoms with Crippen molar-refractivity contribution in [3.63, 3.8) is 0 Å². The smallest absolute Gasteiger partial charge is 0.226 e. The summed E-state index contributed by atoms with van der Waals surface area (Å²) in [5.41, 5.74) is 3.75. The highest BCUT2D eigenvalue weighted by atomic mass is 16.2. The first-order valence-electron chi connectivity index (χ1n) is 8.71. The van der Waals surface area contributed by atoms with Gasteiger partial charge in [-0.2, -0.15) is 5.10 Å². The van der Waals surface area contributed by atoms with E-state index in [-0.39, 0.29) is 5.92 Å². The van der Waals surface area contributed by atoms with Crippen LogP contribution in [0.1, 0.15) is 23.5 Å². The van der Waals surface area contributed by atoms with E-state index in [1.54, 1.807) is 0 Å². The molecule has 1 aromatic heterocycles. The molecule has 0 radical (unpaired) electrons. The lowest BCUT2D eigenvalue weighted by atomic mass is 10.1. The summed E-state index contributed by atoms with van der Waals surface area (Å²) in [7, 11) is 1.92. The van der Waals surface area contributed by atoms with Crippen molar-refractivity contribution in [2.24, 2.45) is 13.0 Å². The van der Waals surface area contributed by atoms with Crippen LogP contribution in [0.4, 0.5) is 5.69 Å². The summed E-state index contributed by atoms with van der Waals surface area (Å²) in [6.45, 7) is 5.60. The first kappa shape index (κ1) is 15.2. The lowest BCUT2D eigenvalue weighted by Crippen LogP contribution is -2.49. The summed E-state index contributed by atoms with van der Waals surface area (Å²) < 4.78 is 1.82. The maximum atomic E-state index is 12.7. The average Bonchev–Trinajstić information content (AvgIpc) is 3.28. The molecule has 1 amide bonds. The summed E-state index contributed by atoms with van der Waals surface area (Å²) in [5.74, 6) is 0.869. The molecule has 1 saturated heterocycles. The molecule has 0 N–H and O–H groups in total. The number of aryl methyl sites for hydroxylation is 2. The summed E-state index contributed by atoms with van der Waals surface area (Å²) in [6, 6.07) is 8.60. The van der Waals surface area contributed by atoms with Crippen LogP contribution < -0.4 is 4.90 Å². The summed E-state index contributed by atoms with van der Waals surface area (Å²) >= 11 is 0. The van der Waals surface area contributed by atoms with Crippen molar-refractivity contribution in [2.45, 2.75) is 19.3 Å². The molecule has 1 aliphatic carbocycles. The third-order valence-corrected chi connectivity index (χ3v) is 5.22. The van der Waals surface area contributed by atoms with E-state index in [1.807, 2.05) is 29.0 Å². The molecular weight excluding hydrogens is 300 g/mol. The molecule has 0 bridgehead atoms. The second-order valence-electron chi connectivity index (χ2n) is 7.05. The number of carbonyl (C=O) groups is 1. The number of amides is 1. The van der Waals surface area contributed by atoms with Crippen molar-refractivity contribution in [2.75, 3.05) is 31.1 Å². The second kappa shape index (κ2) is 5.96. The van der Waals surface area contributed by atoms with E-state index in [4.69, 9.17) is 0 Å². The predicted octanol–water partition coefficient (Wildman–Crippen LogP) is 2.18. The molecule has 5 heteroatoms. The second-order valence-corrected chi connectivity index (χ2v) is 7.05. The topological polar surface area (TPSA) is 41.4 Å². The van der Waals surface area contributed by atoms with E-state index in [9.17, 15) is 4.79 Å². The fourth-order valence-corrected chi connectivity index (χ4v) is 3.71. The lowest BCUT2D eigenvalue weighted by molar-refractivity contribution is -0.132. The monoisotopic (exact) mass is 324 g/mol. The van der Waals surface area contributed by atoms with Gasteiger partial charge in [-0.3, -0.25) is 9.48 Å². The number of hydrogen-bond donors (Lipinski definition) is 0. The standard InChI is InChI=1S/C19H24N4O/c1-14-4-3-5-16(10-14)22-6-8-23(9-7-22)19(24)18-11-17(18)15-12-20-21(2)13-15/h3-5,10,12-13,17-18H,6-9,11H2,1-2H3/t17-,18-/m1/s1. The van der Waals surface area contributed by atoms with Crippen LogP contribution in [-0.2, 0) is 11.8 Å². The van der Waals surface area contributed by atoms with Crippen LogP contribution in [0, 0.1) is 12.8 Å². The van der Waals surface area contributed by atoms with Crippen molar-refractivity contribution in [3.8, 4) is 0 Å². The molecule has 2 aliphatic rings. The first-order chi connectivity index (χ1) is 11.6. The molecule has 4 rings (SSSR count). The Labute approximate surface area is 142 Å². The van der Waals surface area contributed by atoms with Crippen LogP contribution in [0.3, 0.4) is 0 Å². The van der Waals surface area contributed by atoms with Crippen LogP contribution in [0.15, 0.2) is 36.7 Å². The number of piperazine rings is 1. The Morgan fingerprint density at radius 2 is 2.00 bits per heavy atom. The third kappa shape index (κ3) is 2.90. The van der Waals surface area contributed by atoms with Crippen LogP contribution in [-0.4, -0.2) is 46.8 Å². The zero-order valence-electron chi connectivity index (χ0n) is 14.4. The van der Waals surface area contributed by atoms with Crippen molar-refractivity contribution in [1.82, 2.24) is 14.7 Å². The van der Waals surface area contributed by atoms with Gasteiger partial charge in [0.25, 0.3) is 0 Å². The number of aromatic nitrogens is 2. The molecule has 1 aromatic carbocycles. The minimum absolute atomic E-state index is 0.166. The molecule has 24 heavy (non-hydrogen) atoms. The summed E-state index contributed by atoms with van der Waals surface area (Å²) in [4.78, 5) is 17.2. The first-order valence-corrected chi connectivity index (χ1v) is 8.71. The van der Waals surface area contributed by atoms with E-state index in [2.05, 4.69) is 41.2 Å². The molecule has 126 valence electrons. The molecule has 2 heterocycles. The van der Waals surface area contributed by atoms with Gasteiger partial charge in [0, 0.05) is 51.0 Å². The predicted molar refractivity (Wildman–Crippen MR) is 94.0 cm³/mol. The molecule has 2 fully saturated rings. The molecule has 5 nitrogen and oxygen atoms in total. The Kier molecular flexibility index (Phi) is 3.79. The minimum atomic E-state index is 0.166. The SMILES string of the molecule is Cc1cccc(N2CCN(C(=O)[C@@H]3C[C@@H]3c3cnn(C)c3)CC2)c1. The summed E-state index contributed by atoms with van der Waals surface area (Å²) in [6.07, 6.45) is 4.91. The Balaban J connectivity index is 1.34. The number of nitrogens with zero attached hydrogens (tertiary/aromatic N) is 4. The number of benzene rings is 1. The van der Waals surface area contributed by atoms with Crippen molar-refractivity contribution < 1.29 is 4.79 Å². The van der Waals surface area contributed by atoms with Gasteiger partial charge in [-0.15, -0.1) is 0 Å². The molecule has 1 saturated carbocycles. The average molecular weight is 324 g/mol. The van der Waals surface area contributed by atoms with E-state index in [0.29, 0.717) is 11.8 Å². The Hall–Kier alpha value is -2.30. The number of carbonyl (C=O) groups excluding carboxylic acids is 1. The molecular formula is C19H24N4O. The van der Waals surface area contributed by atoms with Gasteiger partial charge >= 0.3 is 0 Å². The van der Waals surface area contributed by atoms with Gasteiger partial charge in [0.2, 0.25) is 5.91 Å². The van der Waals surface area contributed by atoms with Crippen molar-refractivity contribution in [1.29, 1.82) is 0 Å². The van der Waals surface area contributed by atoms with Crippen molar-refractivity contribution in [3.05, 3.63) is 47.8 Å². The molecule has 0 unspecified atom stereocenters. The van der Waals surface area contributed by atoms with Crippen LogP contribution in [0.2, 0.25) is 0 Å². The lowest BCUT2D eigenvalue weighted by Gasteiger charge is -2.36. The zero-order chi connectivity index (χ0) is 16.7. The van der Waals surface area contributed by atoms with Crippen LogP contribution >= 0.6 is 0 Å². The van der Waals surface area contributed by atoms with E-state index in [0.717, 1.165) is 32.6 Å². The van der Waals surface area contributed by atoms with E-state index in [1.165, 1.54) is 16.8 Å². The normalized spacial score (nSPS) is 23.4. The van der Waals surface area contributed by atoms with Gasteiger partial charge in [-0.1, -0.05) is 12.1 Å². The quantitative estimate of drug-likeness (QED) is 0.869. The Morgan fingerprint density at radius 3 is 2.67 bits per heavy atom. The van der Waals surface area contributed by atoms with Crippen LogP contribution in [0.5, 0.6) is 0 Å². The van der Waals surface area contributed by atoms with Gasteiger partial charge in [0.15, 0.2) is 0 Å². The van der Waals surface area contributed by atoms with E-state index >= 15 is 0 Å². The molecule has 2 aromatic rings. The van der Waals surface area contributed by atoms with Gasteiger partial charge in [0.1, 0.15) is 0 Å². The zero-order valence-corrected chi connectivity index (χ0v) is 14.4.